The molecule has 4 rings (SSSR count). The van der Waals surface area contributed by atoms with Gasteiger partial charge in [0.15, 0.2) is 0 Å². The molecule has 1 aliphatic rings. The number of nitrogens with one attached hydrogen (secondary N) is 2. The summed E-state index contributed by atoms with van der Waals surface area (Å²) in [5.74, 6) is -0.209. The van der Waals surface area contributed by atoms with Crippen molar-refractivity contribution in [2.45, 2.75) is 19.3 Å². The molecule has 0 atom stereocenters. The third kappa shape index (κ3) is 2.81. The number of hydrogen-bond acceptors (Lipinski definition) is 2. The lowest BCUT2D eigenvalue weighted by molar-refractivity contribution is 0.102. The molecule has 1 aromatic heterocycles. The van der Waals surface area contributed by atoms with Gasteiger partial charge in [0.2, 0.25) is 0 Å². The van der Waals surface area contributed by atoms with E-state index in [4.69, 9.17) is 11.6 Å². The van der Waals surface area contributed by atoms with E-state index in [0.29, 0.717) is 16.4 Å². The van der Waals surface area contributed by atoms with Gasteiger partial charge in [-0.2, -0.15) is 5.10 Å². The number of rotatable bonds is 3. The first-order chi connectivity index (χ1) is 11.7. The summed E-state index contributed by atoms with van der Waals surface area (Å²) in [6.45, 7) is 0. The van der Waals surface area contributed by atoms with Gasteiger partial charge in [0.25, 0.3) is 5.91 Å². The standard InChI is InChI=1S/C19H16ClN3O/c20-16-7-2-1-6-15(16)17-11-18(23-22-17)19(24)21-14-9-8-12-4-3-5-13(12)10-14/h1-2,6-11H,3-5H2,(H,21,24)(H,22,23). The summed E-state index contributed by atoms with van der Waals surface area (Å²) in [7, 11) is 0. The van der Waals surface area contributed by atoms with Crippen molar-refractivity contribution in [3.63, 3.8) is 0 Å². The van der Waals surface area contributed by atoms with E-state index >= 15 is 0 Å². The molecule has 0 saturated carbocycles. The number of hydrogen-bond donors (Lipinski definition) is 2. The lowest BCUT2D eigenvalue weighted by Crippen LogP contribution is -2.12. The maximum absolute atomic E-state index is 12.4. The Morgan fingerprint density at radius 3 is 2.79 bits per heavy atom. The second-order valence-corrected chi connectivity index (χ2v) is 6.35. The molecule has 0 unspecified atom stereocenters. The summed E-state index contributed by atoms with van der Waals surface area (Å²) >= 11 is 6.18. The van der Waals surface area contributed by atoms with Gasteiger partial charge in [0.05, 0.1) is 10.7 Å². The first kappa shape index (κ1) is 15.0. The fourth-order valence-electron chi connectivity index (χ4n) is 3.09. The lowest BCUT2D eigenvalue weighted by atomic mass is 10.1. The minimum absolute atomic E-state index is 0.209. The normalized spacial score (nSPS) is 12.9. The number of halogens is 1. The molecule has 2 N–H and O–H groups in total. The van der Waals surface area contributed by atoms with Crippen LogP contribution in [-0.4, -0.2) is 16.1 Å². The van der Waals surface area contributed by atoms with Crippen LogP contribution in [0.15, 0.2) is 48.5 Å². The summed E-state index contributed by atoms with van der Waals surface area (Å²) in [6, 6.07) is 15.2. The minimum Gasteiger partial charge on any atom is -0.321 e. The molecule has 1 amide bonds. The van der Waals surface area contributed by atoms with Crippen molar-refractivity contribution in [3.05, 3.63) is 70.4 Å². The van der Waals surface area contributed by atoms with E-state index in [1.54, 1.807) is 12.1 Å². The number of aromatic amines is 1. The number of amides is 1. The summed E-state index contributed by atoms with van der Waals surface area (Å²) in [5.41, 5.74) is 5.39. The number of benzene rings is 2. The predicted molar refractivity (Wildman–Crippen MR) is 95.5 cm³/mol. The zero-order valence-electron chi connectivity index (χ0n) is 13.0. The van der Waals surface area contributed by atoms with Crippen LogP contribution in [-0.2, 0) is 12.8 Å². The number of carbonyl (C=O) groups is 1. The number of carbonyl (C=O) groups excluding carboxylic acids is 1. The molecule has 1 heterocycles. The van der Waals surface area contributed by atoms with Crippen LogP contribution in [0, 0.1) is 0 Å². The number of nitrogens with zero attached hydrogens (tertiary/aromatic N) is 1. The maximum Gasteiger partial charge on any atom is 0.273 e. The fourth-order valence-corrected chi connectivity index (χ4v) is 3.33. The Bertz CT molecular complexity index is 916. The summed E-state index contributed by atoms with van der Waals surface area (Å²) in [6.07, 6.45) is 3.40. The quantitative estimate of drug-likeness (QED) is 0.740. The molecule has 0 saturated heterocycles. The zero-order valence-corrected chi connectivity index (χ0v) is 13.7. The van der Waals surface area contributed by atoms with Crippen molar-refractivity contribution in [1.82, 2.24) is 10.2 Å². The molecule has 5 heteroatoms. The Hall–Kier alpha value is -2.59. The largest absolute Gasteiger partial charge is 0.321 e. The highest BCUT2D eigenvalue weighted by Gasteiger charge is 2.15. The molecule has 1 aliphatic carbocycles. The van der Waals surface area contributed by atoms with Gasteiger partial charge in [0.1, 0.15) is 5.69 Å². The predicted octanol–water partition coefficient (Wildman–Crippen LogP) is 4.47. The summed E-state index contributed by atoms with van der Waals surface area (Å²) < 4.78 is 0. The Balaban J connectivity index is 1.54. The van der Waals surface area contributed by atoms with Gasteiger partial charge in [-0.15, -0.1) is 0 Å². The van der Waals surface area contributed by atoms with Gasteiger partial charge in [-0.1, -0.05) is 35.9 Å². The molecule has 0 spiro atoms. The molecule has 0 radical (unpaired) electrons. The van der Waals surface area contributed by atoms with Crippen LogP contribution in [0.25, 0.3) is 11.3 Å². The third-order valence-electron chi connectivity index (χ3n) is 4.33. The van der Waals surface area contributed by atoms with Crippen molar-refractivity contribution in [3.8, 4) is 11.3 Å². The summed E-state index contributed by atoms with van der Waals surface area (Å²) in [4.78, 5) is 12.4. The molecular weight excluding hydrogens is 322 g/mol. The van der Waals surface area contributed by atoms with Crippen molar-refractivity contribution in [2.24, 2.45) is 0 Å². The molecule has 0 aliphatic heterocycles. The number of aromatic nitrogens is 2. The van der Waals surface area contributed by atoms with Crippen molar-refractivity contribution < 1.29 is 4.79 Å². The monoisotopic (exact) mass is 337 g/mol. The SMILES string of the molecule is O=C(Nc1ccc2c(c1)CCC2)c1cc(-c2ccccc2Cl)n[nH]1. The van der Waals surface area contributed by atoms with Gasteiger partial charge < -0.3 is 5.32 Å². The van der Waals surface area contributed by atoms with E-state index in [1.165, 1.54) is 17.5 Å². The highest BCUT2D eigenvalue weighted by Crippen LogP contribution is 2.27. The summed E-state index contributed by atoms with van der Waals surface area (Å²) in [5, 5.41) is 10.5. The molecule has 24 heavy (non-hydrogen) atoms. The number of H-pyrrole nitrogens is 1. The first-order valence-corrected chi connectivity index (χ1v) is 8.32. The van der Waals surface area contributed by atoms with E-state index in [0.717, 1.165) is 24.1 Å². The Kier molecular flexibility index (Phi) is 3.82. The van der Waals surface area contributed by atoms with E-state index in [9.17, 15) is 4.79 Å². The van der Waals surface area contributed by atoms with E-state index in [2.05, 4.69) is 27.6 Å². The molecule has 120 valence electrons. The smallest absolute Gasteiger partial charge is 0.273 e. The van der Waals surface area contributed by atoms with E-state index in [1.807, 2.05) is 24.3 Å². The molecule has 0 bridgehead atoms. The van der Waals surface area contributed by atoms with Crippen LogP contribution in [0.2, 0.25) is 5.02 Å². The Labute approximate surface area is 144 Å². The van der Waals surface area contributed by atoms with Gasteiger partial charge in [-0.3, -0.25) is 9.89 Å². The second-order valence-electron chi connectivity index (χ2n) is 5.94. The van der Waals surface area contributed by atoms with Gasteiger partial charge >= 0.3 is 0 Å². The minimum atomic E-state index is -0.209. The lowest BCUT2D eigenvalue weighted by Gasteiger charge is -2.06. The average molecular weight is 338 g/mol. The Morgan fingerprint density at radius 1 is 1.08 bits per heavy atom. The van der Waals surface area contributed by atoms with Crippen LogP contribution < -0.4 is 5.32 Å². The molecule has 3 aromatic rings. The molecule has 2 aromatic carbocycles. The average Bonchev–Trinajstić information content (AvgIpc) is 3.24. The van der Waals surface area contributed by atoms with E-state index in [-0.39, 0.29) is 5.91 Å². The van der Waals surface area contributed by atoms with Gasteiger partial charge in [-0.25, -0.2) is 0 Å². The van der Waals surface area contributed by atoms with Crippen molar-refractivity contribution >= 4 is 23.2 Å². The van der Waals surface area contributed by atoms with Crippen LogP contribution in [0.3, 0.4) is 0 Å². The van der Waals surface area contributed by atoms with Crippen LogP contribution in [0.1, 0.15) is 28.0 Å². The number of fused-ring (bicyclic) bond motifs is 1. The topological polar surface area (TPSA) is 57.8 Å². The van der Waals surface area contributed by atoms with Crippen molar-refractivity contribution in [2.75, 3.05) is 5.32 Å². The fraction of sp³-hybridized carbons (Fsp3) is 0.158. The van der Waals surface area contributed by atoms with Crippen LogP contribution >= 0.6 is 11.6 Å². The third-order valence-corrected chi connectivity index (χ3v) is 4.66. The molecule has 4 nitrogen and oxygen atoms in total. The van der Waals surface area contributed by atoms with Gasteiger partial charge in [-0.05, 0) is 54.7 Å². The number of aryl methyl sites for hydroxylation is 2. The van der Waals surface area contributed by atoms with Gasteiger partial charge in [0, 0.05) is 11.3 Å². The highest BCUT2D eigenvalue weighted by atomic mass is 35.5. The second kappa shape index (κ2) is 6.13. The van der Waals surface area contributed by atoms with Crippen LogP contribution in [0.5, 0.6) is 0 Å². The zero-order chi connectivity index (χ0) is 16.5. The molecule has 0 fully saturated rings. The Morgan fingerprint density at radius 2 is 1.92 bits per heavy atom. The van der Waals surface area contributed by atoms with Crippen molar-refractivity contribution in [1.29, 1.82) is 0 Å². The maximum atomic E-state index is 12.4. The first-order valence-electron chi connectivity index (χ1n) is 7.94. The van der Waals surface area contributed by atoms with Crippen LogP contribution in [0.4, 0.5) is 5.69 Å². The highest BCUT2D eigenvalue weighted by molar-refractivity contribution is 6.33. The number of anilines is 1. The van der Waals surface area contributed by atoms with E-state index < -0.39 is 0 Å². The molecular formula is C19H16ClN3O.